The van der Waals surface area contributed by atoms with Crippen LogP contribution >= 0.6 is 23.1 Å². The maximum absolute atomic E-state index is 11.5. The first kappa shape index (κ1) is 16.3. The number of primary amides is 1. The third kappa shape index (κ3) is 3.52. The second-order valence-corrected chi connectivity index (χ2v) is 6.77. The summed E-state index contributed by atoms with van der Waals surface area (Å²) in [7, 11) is 0. The number of aryl methyl sites for hydroxylation is 1. The highest BCUT2D eigenvalue weighted by Gasteiger charge is 2.12. The molecular formula is C15H14N6OS2. The molecule has 3 rings (SSSR count). The summed E-state index contributed by atoms with van der Waals surface area (Å²) in [5.74, 6) is -0.188. The lowest BCUT2D eigenvalue weighted by atomic mass is 10.2. The molecule has 7 nitrogen and oxygen atoms in total. The van der Waals surface area contributed by atoms with E-state index in [-0.39, 0.29) is 5.56 Å². The Hall–Kier alpha value is -2.52. The fourth-order valence-electron chi connectivity index (χ4n) is 1.99. The van der Waals surface area contributed by atoms with Gasteiger partial charge < -0.3 is 11.1 Å². The van der Waals surface area contributed by atoms with E-state index >= 15 is 0 Å². The van der Waals surface area contributed by atoms with Crippen molar-refractivity contribution in [3.63, 3.8) is 0 Å². The van der Waals surface area contributed by atoms with Gasteiger partial charge in [-0.2, -0.15) is 0 Å². The molecule has 24 heavy (non-hydrogen) atoms. The molecule has 1 amide bonds. The standard InChI is InChI=1S/C15H14N6OS2/c1-8-20-21-14(24-8)9-3-5-10(6-4-9)18-13-11(12(16)22)7-17-15(19-13)23-2/h3-7H,1-2H3,(H2,16,22)(H,17,18,19). The van der Waals surface area contributed by atoms with Crippen LogP contribution in [0.15, 0.2) is 35.6 Å². The van der Waals surface area contributed by atoms with Crippen LogP contribution in [0.25, 0.3) is 10.6 Å². The molecule has 0 spiro atoms. The molecule has 2 heterocycles. The van der Waals surface area contributed by atoms with Gasteiger partial charge in [0, 0.05) is 17.4 Å². The Labute approximate surface area is 146 Å². The van der Waals surface area contributed by atoms with Crippen LogP contribution in [0.1, 0.15) is 15.4 Å². The van der Waals surface area contributed by atoms with Gasteiger partial charge in [0.1, 0.15) is 21.4 Å². The predicted octanol–water partition coefficient (Wildman–Crippen LogP) is 2.87. The second-order valence-electron chi connectivity index (χ2n) is 4.81. The number of nitrogens with two attached hydrogens (primary N) is 1. The monoisotopic (exact) mass is 358 g/mol. The summed E-state index contributed by atoms with van der Waals surface area (Å²) in [6.45, 7) is 1.92. The highest BCUT2D eigenvalue weighted by atomic mass is 32.2. The van der Waals surface area contributed by atoms with Gasteiger partial charge in [-0.15, -0.1) is 10.2 Å². The van der Waals surface area contributed by atoms with Crippen molar-refractivity contribution in [3.8, 4) is 10.6 Å². The molecule has 0 saturated carbocycles. The minimum atomic E-state index is -0.578. The van der Waals surface area contributed by atoms with E-state index in [4.69, 9.17) is 5.73 Å². The first-order chi connectivity index (χ1) is 11.6. The van der Waals surface area contributed by atoms with E-state index in [1.807, 2.05) is 37.4 Å². The van der Waals surface area contributed by atoms with E-state index < -0.39 is 5.91 Å². The molecule has 0 aliphatic heterocycles. The fraction of sp³-hybridized carbons (Fsp3) is 0.133. The van der Waals surface area contributed by atoms with Crippen molar-refractivity contribution in [1.82, 2.24) is 20.2 Å². The molecule has 0 aliphatic carbocycles. The summed E-state index contributed by atoms with van der Waals surface area (Å²) in [6, 6.07) is 7.64. The summed E-state index contributed by atoms with van der Waals surface area (Å²) >= 11 is 2.92. The minimum Gasteiger partial charge on any atom is -0.365 e. The van der Waals surface area contributed by atoms with E-state index in [2.05, 4.69) is 25.5 Å². The van der Waals surface area contributed by atoms with E-state index in [1.165, 1.54) is 29.3 Å². The third-order valence-electron chi connectivity index (χ3n) is 3.14. The maximum Gasteiger partial charge on any atom is 0.254 e. The zero-order chi connectivity index (χ0) is 17.1. The summed E-state index contributed by atoms with van der Waals surface area (Å²) in [6.07, 6.45) is 3.30. The van der Waals surface area contributed by atoms with Crippen LogP contribution in [0.2, 0.25) is 0 Å². The van der Waals surface area contributed by atoms with Crippen LogP contribution in [0, 0.1) is 6.92 Å². The van der Waals surface area contributed by atoms with Crippen molar-refractivity contribution >= 4 is 40.5 Å². The lowest BCUT2D eigenvalue weighted by Gasteiger charge is -2.10. The third-order valence-corrected chi connectivity index (χ3v) is 4.58. The number of amides is 1. The Morgan fingerprint density at radius 2 is 2.00 bits per heavy atom. The maximum atomic E-state index is 11.5. The SMILES string of the molecule is CSc1ncc(C(N)=O)c(Nc2ccc(-c3nnc(C)s3)cc2)n1. The average Bonchev–Trinajstić information content (AvgIpc) is 3.01. The van der Waals surface area contributed by atoms with Crippen molar-refractivity contribution in [1.29, 1.82) is 0 Å². The summed E-state index contributed by atoms with van der Waals surface area (Å²) in [5, 5.41) is 13.6. The first-order valence-electron chi connectivity index (χ1n) is 6.95. The molecule has 9 heteroatoms. The molecular weight excluding hydrogens is 344 g/mol. The number of carbonyl (C=O) groups excluding carboxylic acids is 1. The number of benzene rings is 1. The van der Waals surface area contributed by atoms with E-state index in [9.17, 15) is 4.79 Å². The number of nitrogens with one attached hydrogen (secondary N) is 1. The van der Waals surface area contributed by atoms with Crippen molar-refractivity contribution in [3.05, 3.63) is 41.0 Å². The Kier molecular flexibility index (Phi) is 4.72. The summed E-state index contributed by atoms with van der Waals surface area (Å²) in [5.41, 5.74) is 7.40. The number of carbonyl (C=O) groups is 1. The quantitative estimate of drug-likeness (QED) is 0.533. The Bertz CT molecular complexity index is 878. The number of anilines is 2. The Morgan fingerprint density at radius 1 is 1.25 bits per heavy atom. The van der Waals surface area contributed by atoms with Gasteiger partial charge in [-0.05, 0) is 37.4 Å². The van der Waals surface area contributed by atoms with Gasteiger partial charge in [0.2, 0.25) is 0 Å². The molecule has 3 aromatic rings. The molecule has 0 saturated heterocycles. The van der Waals surface area contributed by atoms with Gasteiger partial charge in [-0.1, -0.05) is 23.1 Å². The summed E-state index contributed by atoms with van der Waals surface area (Å²) in [4.78, 5) is 19.9. The van der Waals surface area contributed by atoms with Gasteiger partial charge in [-0.25, -0.2) is 9.97 Å². The number of hydrogen-bond donors (Lipinski definition) is 2. The van der Waals surface area contributed by atoms with Crippen LogP contribution < -0.4 is 11.1 Å². The summed E-state index contributed by atoms with van der Waals surface area (Å²) < 4.78 is 0. The van der Waals surface area contributed by atoms with Crippen molar-refractivity contribution in [2.75, 3.05) is 11.6 Å². The van der Waals surface area contributed by atoms with Crippen LogP contribution in [-0.2, 0) is 0 Å². The van der Waals surface area contributed by atoms with Gasteiger partial charge in [0.05, 0.1) is 0 Å². The van der Waals surface area contributed by atoms with Gasteiger partial charge >= 0.3 is 0 Å². The topological polar surface area (TPSA) is 107 Å². The van der Waals surface area contributed by atoms with Crippen LogP contribution in [0.3, 0.4) is 0 Å². The van der Waals surface area contributed by atoms with E-state index in [0.717, 1.165) is 21.3 Å². The van der Waals surface area contributed by atoms with E-state index in [1.54, 1.807) is 0 Å². The molecule has 0 atom stereocenters. The molecule has 3 N–H and O–H groups in total. The predicted molar refractivity (Wildman–Crippen MR) is 95.7 cm³/mol. The minimum absolute atomic E-state index is 0.247. The highest BCUT2D eigenvalue weighted by molar-refractivity contribution is 7.98. The smallest absolute Gasteiger partial charge is 0.254 e. The lowest BCUT2D eigenvalue weighted by molar-refractivity contribution is 0.100. The molecule has 0 aliphatic rings. The number of hydrogen-bond acceptors (Lipinski definition) is 8. The lowest BCUT2D eigenvalue weighted by Crippen LogP contribution is -2.15. The molecule has 0 fully saturated rings. The molecule has 0 unspecified atom stereocenters. The Balaban J connectivity index is 1.87. The molecule has 1 aromatic carbocycles. The van der Waals surface area contributed by atoms with Gasteiger partial charge in [0.15, 0.2) is 5.16 Å². The van der Waals surface area contributed by atoms with Crippen LogP contribution in [0.4, 0.5) is 11.5 Å². The van der Waals surface area contributed by atoms with Gasteiger partial charge in [0.25, 0.3) is 5.91 Å². The normalized spacial score (nSPS) is 10.6. The van der Waals surface area contributed by atoms with Crippen LogP contribution in [0.5, 0.6) is 0 Å². The number of aromatic nitrogens is 4. The number of thioether (sulfide) groups is 1. The fourth-order valence-corrected chi connectivity index (χ4v) is 3.02. The molecule has 2 aromatic heterocycles. The first-order valence-corrected chi connectivity index (χ1v) is 8.99. The largest absolute Gasteiger partial charge is 0.365 e. The second kappa shape index (κ2) is 6.93. The Morgan fingerprint density at radius 3 is 2.58 bits per heavy atom. The molecule has 122 valence electrons. The zero-order valence-corrected chi connectivity index (χ0v) is 14.6. The van der Waals surface area contributed by atoms with Crippen LogP contribution in [-0.4, -0.2) is 32.3 Å². The number of rotatable bonds is 5. The van der Waals surface area contributed by atoms with Gasteiger partial charge in [-0.3, -0.25) is 4.79 Å². The van der Waals surface area contributed by atoms with Crippen molar-refractivity contribution < 1.29 is 4.79 Å². The molecule has 0 radical (unpaired) electrons. The highest BCUT2D eigenvalue weighted by Crippen LogP contribution is 2.26. The zero-order valence-electron chi connectivity index (χ0n) is 13.0. The van der Waals surface area contributed by atoms with Crippen molar-refractivity contribution in [2.24, 2.45) is 5.73 Å². The number of nitrogens with zero attached hydrogens (tertiary/aromatic N) is 4. The van der Waals surface area contributed by atoms with E-state index in [0.29, 0.717) is 11.0 Å². The average molecular weight is 358 g/mol. The molecule has 0 bridgehead atoms. The van der Waals surface area contributed by atoms with Crippen molar-refractivity contribution in [2.45, 2.75) is 12.1 Å².